The predicted octanol–water partition coefficient (Wildman–Crippen LogP) is 3.26. The van der Waals surface area contributed by atoms with Crippen LogP contribution in [0.1, 0.15) is 32.3 Å². The highest BCUT2D eigenvalue weighted by molar-refractivity contribution is 5.35. The number of nitro benzene ring substituents is 1. The van der Waals surface area contributed by atoms with E-state index in [0.29, 0.717) is 23.4 Å². The van der Waals surface area contributed by atoms with E-state index in [2.05, 4.69) is 19.2 Å². The van der Waals surface area contributed by atoms with Crippen LogP contribution in [0.15, 0.2) is 18.2 Å². The number of nitrogens with one attached hydrogen (secondary N) is 1. The van der Waals surface area contributed by atoms with E-state index in [1.807, 2.05) is 0 Å². The van der Waals surface area contributed by atoms with Gasteiger partial charge in [0, 0.05) is 19.2 Å². The molecule has 0 amide bonds. The second-order valence-electron chi connectivity index (χ2n) is 5.70. The van der Waals surface area contributed by atoms with Gasteiger partial charge in [-0.2, -0.15) is 0 Å². The highest BCUT2D eigenvalue weighted by Gasteiger charge is 2.44. The third kappa shape index (κ3) is 3.29. The molecule has 0 aromatic heterocycles. The summed E-state index contributed by atoms with van der Waals surface area (Å²) < 4.78 is 13.3. The molecule has 1 saturated carbocycles. The number of benzene rings is 1. The normalized spacial score (nSPS) is 16.6. The molecule has 2 rings (SSSR count). The lowest BCUT2D eigenvalue weighted by Crippen LogP contribution is -2.27. The van der Waals surface area contributed by atoms with E-state index in [1.165, 1.54) is 25.0 Å². The minimum Gasteiger partial charge on any atom is -0.312 e. The monoisotopic (exact) mass is 266 g/mol. The van der Waals surface area contributed by atoms with Crippen LogP contribution in [0, 0.1) is 27.3 Å². The highest BCUT2D eigenvalue weighted by Crippen LogP contribution is 2.51. The van der Waals surface area contributed by atoms with E-state index in [0.717, 1.165) is 12.6 Å². The van der Waals surface area contributed by atoms with E-state index in [1.54, 1.807) is 0 Å². The minimum absolute atomic E-state index is 0.193. The van der Waals surface area contributed by atoms with Crippen LogP contribution in [0.25, 0.3) is 0 Å². The highest BCUT2D eigenvalue weighted by atomic mass is 19.1. The zero-order valence-electron chi connectivity index (χ0n) is 11.3. The molecule has 0 atom stereocenters. The van der Waals surface area contributed by atoms with Crippen molar-refractivity contribution in [3.8, 4) is 0 Å². The fourth-order valence-corrected chi connectivity index (χ4v) is 2.42. The Balaban J connectivity index is 1.94. The van der Waals surface area contributed by atoms with Crippen molar-refractivity contribution in [3.63, 3.8) is 0 Å². The maximum absolute atomic E-state index is 13.3. The zero-order valence-corrected chi connectivity index (χ0v) is 11.3. The van der Waals surface area contributed by atoms with Gasteiger partial charge >= 0.3 is 0 Å². The molecule has 4 nitrogen and oxygen atoms in total. The smallest absolute Gasteiger partial charge is 0.272 e. The quantitative estimate of drug-likeness (QED) is 0.635. The SMILES string of the molecule is CC(C)C1(CNCc2cc(F)cc([N+](=O)[O-])c2)CC1. The second-order valence-corrected chi connectivity index (χ2v) is 5.70. The first kappa shape index (κ1) is 13.9. The first-order chi connectivity index (χ1) is 8.93. The third-order valence-corrected chi connectivity index (χ3v) is 4.08. The molecule has 0 saturated heterocycles. The molecule has 0 unspecified atom stereocenters. The summed E-state index contributed by atoms with van der Waals surface area (Å²) in [7, 11) is 0. The first-order valence-electron chi connectivity index (χ1n) is 6.57. The summed E-state index contributed by atoms with van der Waals surface area (Å²) in [6.07, 6.45) is 2.45. The second kappa shape index (κ2) is 5.25. The number of rotatable bonds is 6. The van der Waals surface area contributed by atoms with Crippen LogP contribution in [-0.2, 0) is 6.54 Å². The Morgan fingerprint density at radius 2 is 2.11 bits per heavy atom. The van der Waals surface area contributed by atoms with Gasteiger partial charge in [-0.15, -0.1) is 0 Å². The first-order valence-corrected chi connectivity index (χ1v) is 6.57. The van der Waals surface area contributed by atoms with Gasteiger partial charge in [0.05, 0.1) is 11.0 Å². The average Bonchev–Trinajstić information content (AvgIpc) is 3.09. The Bertz CT molecular complexity index is 484. The van der Waals surface area contributed by atoms with E-state index in [9.17, 15) is 14.5 Å². The van der Waals surface area contributed by atoms with Crippen LogP contribution in [0.4, 0.5) is 10.1 Å². The van der Waals surface area contributed by atoms with Crippen LogP contribution >= 0.6 is 0 Å². The Morgan fingerprint density at radius 1 is 1.42 bits per heavy atom. The van der Waals surface area contributed by atoms with Gasteiger partial charge in [0.1, 0.15) is 5.82 Å². The Hall–Kier alpha value is -1.49. The van der Waals surface area contributed by atoms with Crippen molar-refractivity contribution in [2.75, 3.05) is 6.54 Å². The Labute approximate surface area is 112 Å². The molecule has 1 aliphatic rings. The number of nitrogens with zero attached hydrogens (tertiary/aromatic N) is 1. The summed E-state index contributed by atoms with van der Waals surface area (Å²) in [5.74, 6) is 0.0674. The van der Waals surface area contributed by atoms with Gasteiger partial charge in [0.2, 0.25) is 0 Å². The Morgan fingerprint density at radius 3 is 2.63 bits per heavy atom. The molecule has 1 aromatic carbocycles. The zero-order chi connectivity index (χ0) is 14.0. The molecular formula is C14H19FN2O2. The topological polar surface area (TPSA) is 55.2 Å². The van der Waals surface area contributed by atoms with Gasteiger partial charge < -0.3 is 5.32 Å². The molecule has 0 radical (unpaired) electrons. The van der Waals surface area contributed by atoms with Crippen LogP contribution in [-0.4, -0.2) is 11.5 Å². The van der Waals surface area contributed by atoms with Crippen LogP contribution in [0.5, 0.6) is 0 Å². The Kier molecular flexibility index (Phi) is 3.85. The summed E-state index contributed by atoms with van der Waals surface area (Å²) in [6, 6.07) is 3.71. The summed E-state index contributed by atoms with van der Waals surface area (Å²) >= 11 is 0. The number of halogens is 1. The van der Waals surface area contributed by atoms with Crippen LogP contribution in [0.2, 0.25) is 0 Å². The van der Waals surface area contributed by atoms with Crippen molar-refractivity contribution >= 4 is 5.69 Å². The summed E-state index contributed by atoms with van der Waals surface area (Å²) in [6.45, 7) is 5.77. The minimum atomic E-state index is -0.566. The van der Waals surface area contributed by atoms with E-state index >= 15 is 0 Å². The molecule has 0 spiro atoms. The summed E-state index contributed by atoms with van der Waals surface area (Å²) in [5, 5.41) is 13.9. The molecule has 1 N–H and O–H groups in total. The van der Waals surface area contributed by atoms with Gasteiger partial charge in [-0.05, 0) is 35.8 Å². The van der Waals surface area contributed by atoms with Gasteiger partial charge in [-0.3, -0.25) is 10.1 Å². The standard InChI is InChI=1S/C14H19FN2O2/c1-10(2)14(3-4-14)9-16-8-11-5-12(15)7-13(6-11)17(18)19/h5-7,10,16H,3-4,8-9H2,1-2H3. The molecule has 19 heavy (non-hydrogen) atoms. The van der Waals surface area contributed by atoms with Crippen LogP contribution in [0.3, 0.4) is 0 Å². The van der Waals surface area contributed by atoms with Crippen molar-refractivity contribution < 1.29 is 9.31 Å². The van der Waals surface area contributed by atoms with E-state index in [-0.39, 0.29) is 5.69 Å². The van der Waals surface area contributed by atoms with Crippen molar-refractivity contribution in [1.82, 2.24) is 5.32 Å². The molecular weight excluding hydrogens is 247 g/mol. The summed E-state index contributed by atoms with van der Waals surface area (Å²) in [5.41, 5.74) is 0.798. The maximum Gasteiger partial charge on any atom is 0.272 e. The van der Waals surface area contributed by atoms with Crippen molar-refractivity contribution in [2.45, 2.75) is 33.2 Å². The number of nitro groups is 1. The maximum atomic E-state index is 13.3. The van der Waals surface area contributed by atoms with Crippen molar-refractivity contribution in [3.05, 3.63) is 39.7 Å². The van der Waals surface area contributed by atoms with Crippen molar-refractivity contribution in [2.24, 2.45) is 11.3 Å². The predicted molar refractivity (Wildman–Crippen MR) is 71.3 cm³/mol. The number of non-ortho nitro benzene ring substituents is 1. The van der Waals surface area contributed by atoms with E-state index in [4.69, 9.17) is 0 Å². The lowest BCUT2D eigenvalue weighted by atomic mass is 9.92. The third-order valence-electron chi connectivity index (χ3n) is 4.08. The van der Waals surface area contributed by atoms with E-state index < -0.39 is 10.7 Å². The number of hydrogen-bond acceptors (Lipinski definition) is 3. The lowest BCUT2D eigenvalue weighted by molar-refractivity contribution is -0.385. The molecule has 0 heterocycles. The van der Waals surface area contributed by atoms with Crippen LogP contribution < -0.4 is 5.32 Å². The molecule has 0 aliphatic heterocycles. The molecule has 1 fully saturated rings. The van der Waals surface area contributed by atoms with Gasteiger partial charge in [-0.1, -0.05) is 13.8 Å². The lowest BCUT2D eigenvalue weighted by Gasteiger charge is -2.20. The van der Waals surface area contributed by atoms with Crippen molar-refractivity contribution in [1.29, 1.82) is 0 Å². The van der Waals surface area contributed by atoms with Gasteiger partial charge in [0.15, 0.2) is 0 Å². The summed E-state index contributed by atoms with van der Waals surface area (Å²) in [4.78, 5) is 10.1. The van der Waals surface area contributed by atoms with Gasteiger partial charge in [0.25, 0.3) is 5.69 Å². The molecule has 1 aromatic rings. The van der Waals surface area contributed by atoms with Gasteiger partial charge in [-0.25, -0.2) is 4.39 Å². The average molecular weight is 266 g/mol. The molecule has 1 aliphatic carbocycles. The fourth-order valence-electron chi connectivity index (χ4n) is 2.42. The molecule has 5 heteroatoms. The number of hydrogen-bond donors (Lipinski definition) is 1. The largest absolute Gasteiger partial charge is 0.312 e. The molecule has 104 valence electrons. The fraction of sp³-hybridized carbons (Fsp3) is 0.571. The molecule has 0 bridgehead atoms.